The fourth-order valence-electron chi connectivity index (χ4n) is 1.57. The van der Waals surface area contributed by atoms with Crippen molar-refractivity contribution in [2.75, 3.05) is 20.2 Å². The molecule has 0 atom stereocenters. The first kappa shape index (κ1) is 16.0. The van der Waals surface area contributed by atoms with Crippen LogP contribution in [-0.2, 0) is 16.0 Å². The highest BCUT2D eigenvalue weighted by atomic mass is 16.5. The van der Waals surface area contributed by atoms with E-state index in [1.165, 1.54) is 11.9 Å². The van der Waals surface area contributed by atoms with E-state index in [2.05, 4.69) is 13.8 Å². The number of hydrogen-bond acceptors (Lipinski definition) is 3. The van der Waals surface area contributed by atoms with Crippen molar-refractivity contribution in [2.45, 2.75) is 20.3 Å². The lowest BCUT2D eigenvalue weighted by molar-refractivity contribution is -0.143. The minimum absolute atomic E-state index is 0.189. The van der Waals surface area contributed by atoms with E-state index in [9.17, 15) is 9.59 Å². The second kappa shape index (κ2) is 7.53. The number of aliphatic carboxylic acids is 1. The summed E-state index contributed by atoms with van der Waals surface area (Å²) < 4.78 is 5.55. The maximum Gasteiger partial charge on any atom is 0.323 e. The van der Waals surface area contributed by atoms with Crippen LogP contribution < -0.4 is 4.74 Å². The van der Waals surface area contributed by atoms with Gasteiger partial charge >= 0.3 is 5.97 Å². The number of carbonyl (C=O) groups is 2. The molecule has 1 rings (SSSR count). The highest BCUT2D eigenvalue weighted by Gasteiger charge is 2.12. The van der Waals surface area contributed by atoms with Crippen LogP contribution in [0.25, 0.3) is 0 Å². The van der Waals surface area contributed by atoms with Gasteiger partial charge in [0.2, 0.25) is 5.91 Å². The molecule has 0 aromatic heterocycles. The Hall–Kier alpha value is -2.04. The fourth-order valence-corrected chi connectivity index (χ4v) is 1.57. The third kappa shape index (κ3) is 5.73. The first-order chi connectivity index (χ1) is 9.38. The Balaban J connectivity index is 2.52. The molecule has 1 N–H and O–H groups in total. The number of carboxylic acids is 1. The van der Waals surface area contributed by atoms with Crippen molar-refractivity contribution in [2.24, 2.45) is 5.92 Å². The first-order valence-electron chi connectivity index (χ1n) is 6.56. The molecule has 0 heterocycles. The Bertz CT molecular complexity index is 453. The van der Waals surface area contributed by atoms with Crippen molar-refractivity contribution in [1.82, 2.24) is 4.90 Å². The molecule has 0 bridgehead atoms. The molecular weight excluding hydrogens is 258 g/mol. The summed E-state index contributed by atoms with van der Waals surface area (Å²) in [5, 5.41) is 8.63. The Kier molecular flexibility index (Phi) is 6.03. The summed E-state index contributed by atoms with van der Waals surface area (Å²) in [6.07, 6.45) is 0.189. The van der Waals surface area contributed by atoms with Gasteiger partial charge in [0.15, 0.2) is 0 Å². The van der Waals surface area contributed by atoms with Crippen LogP contribution >= 0.6 is 0 Å². The number of carboxylic acid groups (broad SMARTS) is 1. The number of nitrogens with zero attached hydrogens (tertiary/aromatic N) is 1. The topological polar surface area (TPSA) is 66.8 Å². The highest BCUT2D eigenvalue weighted by Crippen LogP contribution is 2.14. The van der Waals surface area contributed by atoms with Crippen LogP contribution in [0.1, 0.15) is 19.4 Å². The SMILES string of the molecule is CC(C)COc1ccc(CC(=O)N(C)CC(=O)O)cc1. The second-order valence-corrected chi connectivity index (χ2v) is 5.17. The van der Waals surface area contributed by atoms with E-state index >= 15 is 0 Å². The average molecular weight is 279 g/mol. The minimum atomic E-state index is -1.02. The predicted molar refractivity (Wildman–Crippen MR) is 75.8 cm³/mol. The molecule has 0 fully saturated rings. The predicted octanol–water partition coefficient (Wildman–Crippen LogP) is 1.81. The second-order valence-electron chi connectivity index (χ2n) is 5.17. The standard InChI is InChI=1S/C15H21NO4/c1-11(2)10-20-13-6-4-12(5-7-13)8-14(17)16(3)9-15(18)19/h4-7,11H,8-10H2,1-3H3,(H,18,19). The van der Waals surface area contributed by atoms with E-state index in [0.717, 1.165) is 11.3 Å². The summed E-state index contributed by atoms with van der Waals surface area (Å²) in [7, 11) is 1.48. The van der Waals surface area contributed by atoms with Crippen LogP contribution in [0.2, 0.25) is 0 Å². The van der Waals surface area contributed by atoms with Gasteiger partial charge in [0.25, 0.3) is 0 Å². The van der Waals surface area contributed by atoms with E-state index in [-0.39, 0.29) is 18.9 Å². The fraction of sp³-hybridized carbons (Fsp3) is 0.467. The number of likely N-dealkylation sites (N-methyl/N-ethyl adjacent to an activating group) is 1. The van der Waals surface area contributed by atoms with Gasteiger partial charge in [-0.2, -0.15) is 0 Å². The monoisotopic (exact) mass is 279 g/mol. The smallest absolute Gasteiger partial charge is 0.323 e. The van der Waals surface area contributed by atoms with Gasteiger partial charge in [0, 0.05) is 7.05 Å². The van der Waals surface area contributed by atoms with E-state index in [0.29, 0.717) is 12.5 Å². The Labute approximate surface area is 119 Å². The number of benzene rings is 1. The van der Waals surface area contributed by atoms with Gasteiger partial charge in [0.05, 0.1) is 13.0 Å². The quantitative estimate of drug-likeness (QED) is 0.826. The summed E-state index contributed by atoms with van der Waals surface area (Å²) >= 11 is 0. The van der Waals surface area contributed by atoms with Gasteiger partial charge in [0.1, 0.15) is 12.3 Å². The lowest BCUT2D eigenvalue weighted by Crippen LogP contribution is -2.33. The largest absolute Gasteiger partial charge is 0.493 e. The Morgan fingerprint density at radius 3 is 2.35 bits per heavy atom. The number of carbonyl (C=O) groups excluding carboxylic acids is 1. The van der Waals surface area contributed by atoms with Crippen LogP contribution in [0, 0.1) is 5.92 Å². The number of rotatable bonds is 7. The van der Waals surface area contributed by atoms with Gasteiger partial charge < -0.3 is 14.7 Å². The minimum Gasteiger partial charge on any atom is -0.493 e. The lowest BCUT2D eigenvalue weighted by Gasteiger charge is -2.14. The summed E-state index contributed by atoms with van der Waals surface area (Å²) in [5.41, 5.74) is 0.837. The van der Waals surface area contributed by atoms with Gasteiger partial charge in [-0.15, -0.1) is 0 Å². The normalized spacial score (nSPS) is 10.4. The summed E-state index contributed by atoms with van der Waals surface area (Å²) in [4.78, 5) is 23.5. The molecule has 1 aromatic carbocycles. The summed E-state index contributed by atoms with van der Waals surface area (Å²) in [5.74, 6) is -0.00348. The van der Waals surface area contributed by atoms with Crippen LogP contribution in [0.15, 0.2) is 24.3 Å². The van der Waals surface area contributed by atoms with Gasteiger partial charge in [-0.1, -0.05) is 26.0 Å². The van der Waals surface area contributed by atoms with Gasteiger partial charge in [-0.25, -0.2) is 0 Å². The zero-order valence-corrected chi connectivity index (χ0v) is 12.1. The first-order valence-corrected chi connectivity index (χ1v) is 6.56. The molecule has 5 heteroatoms. The van der Waals surface area contributed by atoms with Crippen molar-refractivity contribution in [3.8, 4) is 5.75 Å². The average Bonchev–Trinajstić information content (AvgIpc) is 2.37. The Morgan fingerprint density at radius 2 is 1.85 bits per heavy atom. The van der Waals surface area contributed by atoms with Crippen LogP contribution in [0.3, 0.4) is 0 Å². The lowest BCUT2D eigenvalue weighted by atomic mass is 10.1. The molecule has 0 aliphatic rings. The molecule has 0 spiro atoms. The van der Waals surface area contributed by atoms with Gasteiger partial charge in [-0.3, -0.25) is 9.59 Å². The Morgan fingerprint density at radius 1 is 1.25 bits per heavy atom. The molecular formula is C15H21NO4. The molecule has 0 aliphatic heterocycles. The highest BCUT2D eigenvalue weighted by molar-refractivity contribution is 5.82. The molecule has 0 radical (unpaired) electrons. The zero-order valence-electron chi connectivity index (χ0n) is 12.1. The summed E-state index contributed by atoms with van der Waals surface area (Å²) in [6, 6.07) is 7.29. The number of hydrogen-bond donors (Lipinski definition) is 1. The summed E-state index contributed by atoms with van der Waals surface area (Å²) in [6.45, 7) is 4.52. The molecule has 110 valence electrons. The van der Waals surface area contributed by atoms with Crippen molar-refractivity contribution >= 4 is 11.9 Å². The molecule has 1 aromatic rings. The van der Waals surface area contributed by atoms with Crippen LogP contribution in [0.5, 0.6) is 5.75 Å². The molecule has 5 nitrogen and oxygen atoms in total. The van der Waals surface area contributed by atoms with Gasteiger partial charge in [-0.05, 0) is 23.6 Å². The van der Waals surface area contributed by atoms with Crippen molar-refractivity contribution in [3.05, 3.63) is 29.8 Å². The molecule has 20 heavy (non-hydrogen) atoms. The van der Waals surface area contributed by atoms with Crippen molar-refractivity contribution in [1.29, 1.82) is 0 Å². The number of amides is 1. The van der Waals surface area contributed by atoms with E-state index in [1.54, 1.807) is 0 Å². The molecule has 1 amide bonds. The van der Waals surface area contributed by atoms with Crippen molar-refractivity contribution in [3.63, 3.8) is 0 Å². The third-order valence-electron chi connectivity index (χ3n) is 2.66. The maximum atomic E-state index is 11.8. The third-order valence-corrected chi connectivity index (χ3v) is 2.66. The van der Waals surface area contributed by atoms with Crippen LogP contribution in [0.4, 0.5) is 0 Å². The molecule has 0 unspecified atom stereocenters. The van der Waals surface area contributed by atoms with E-state index < -0.39 is 5.97 Å². The molecule has 0 aliphatic carbocycles. The molecule has 0 saturated heterocycles. The maximum absolute atomic E-state index is 11.8. The zero-order chi connectivity index (χ0) is 15.1. The number of ether oxygens (including phenoxy) is 1. The molecule has 0 saturated carbocycles. The van der Waals surface area contributed by atoms with Crippen LogP contribution in [-0.4, -0.2) is 42.1 Å². The van der Waals surface area contributed by atoms with E-state index in [1.807, 2.05) is 24.3 Å². The van der Waals surface area contributed by atoms with Crippen molar-refractivity contribution < 1.29 is 19.4 Å². The van der Waals surface area contributed by atoms with E-state index in [4.69, 9.17) is 9.84 Å².